The number of halogens is 1. The maximum absolute atomic E-state index is 14.3. The summed E-state index contributed by atoms with van der Waals surface area (Å²) in [5.41, 5.74) is 4.92. The van der Waals surface area contributed by atoms with Crippen molar-refractivity contribution in [2.75, 3.05) is 38.6 Å². The first-order valence-electron chi connectivity index (χ1n) is 21.4. The van der Waals surface area contributed by atoms with Crippen LogP contribution < -0.4 is 21.3 Å². The van der Waals surface area contributed by atoms with E-state index in [4.69, 9.17) is 4.74 Å². The Morgan fingerprint density at radius 2 is 1.73 bits per heavy atom. The molecule has 1 fully saturated rings. The molecule has 4 aromatic rings. The Bertz CT molecular complexity index is 2410. The second-order valence-electron chi connectivity index (χ2n) is 17.9. The third kappa shape index (κ3) is 9.89. The van der Waals surface area contributed by atoms with E-state index < -0.39 is 46.6 Å². The van der Waals surface area contributed by atoms with Crippen LogP contribution in [0.4, 0.5) is 10.1 Å². The van der Waals surface area contributed by atoms with E-state index in [0.717, 1.165) is 58.6 Å². The highest BCUT2D eigenvalue weighted by atomic mass is 19.1. The van der Waals surface area contributed by atoms with Gasteiger partial charge in [-0.25, -0.2) is 4.39 Å². The van der Waals surface area contributed by atoms with Crippen LogP contribution in [-0.4, -0.2) is 101 Å². The highest BCUT2D eigenvalue weighted by Crippen LogP contribution is 2.36. The fraction of sp³-hybridized carbons (Fsp3) is 0.447. The first-order chi connectivity index (χ1) is 29.5. The van der Waals surface area contributed by atoms with Gasteiger partial charge in [0, 0.05) is 66.9 Å². The predicted octanol–water partition coefficient (Wildman–Crippen LogP) is 5.85. The van der Waals surface area contributed by atoms with Gasteiger partial charge in [-0.15, -0.1) is 0 Å². The molecule has 3 aromatic carbocycles. The summed E-state index contributed by atoms with van der Waals surface area (Å²) in [5.74, 6) is -2.89. The van der Waals surface area contributed by atoms with Crippen LogP contribution in [0.3, 0.4) is 0 Å². The van der Waals surface area contributed by atoms with Gasteiger partial charge in [-0.1, -0.05) is 30.3 Å². The average Bonchev–Trinajstić information content (AvgIpc) is 3.63. The molecule has 0 bridgehead atoms. The molecule has 1 aromatic heterocycles. The van der Waals surface area contributed by atoms with Gasteiger partial charge in [-0.2, -0.15) is 0 Å². The van der Waals surface area contributed by atoms with Crippen molar-refractivity contribution in [2.45, 2.75) is 103 Å². The second-order valence-corrected chi connectivity index (χ2v) is 17.9. The zero-order chi connectivity index (χ0) is 44.3. The number of carbonyl (C=O) groups excluding carboxylic acids is 6. The number of imide groups is 2. The predicted molar refractivity (Wildman–Crippen MR) is 233 cm³/mol. The lowest BCUT2D eigenvalue weighted by molar-refractivity contribution is -0.136. The van der Waals surface area contributed by atoms with Crippen molar-refractivity contribution in [3.8, 4) is 11.3 Å². The highest BCUT2D eigenvalue weighted by molar-refractivity contribution is 6.25. The molecule has 1 unspecified atom stereocenters. The number of hydrogen-bond acceptors (Lipinski definition) is 9. The standard InChI is InChI=1S/C47H56FN7O7/c1-46(2,53-34-10-8-9-32-40(34)45(61)55(44(32)60)36-16-17-38(57)52-43(36)59)20-24-62-47(3,4)19-22-49-37(56)11-6-7-23-54(5)27-28-12-14-29(15-13-28)41-31-18-21-50-42(58)33-25-30(48)26-35(51-41)39(31)33/h8-10,12-15,25-26,36,51,53H,6-7,11,16-24,27H2,1-5H3,(H,49,56)(H,50,58)(H,52,57,59). The Morgan fingerprint density at radius 1 is 0.952 bits per heavy atom. The van der Waals surface area contributed by atoms with Crippen molar-refractivity contribution in [1.29, 1.82) is 0 Å². The van der Waals surface area contributed by atoms with Crippen molar-refractivity contribution < 1.29 is 37.9 Å². The topological polar surface area (TPSA) is 182 Å². The van der Waals surface area contributed by atoms with Gasteiger partial charge < -0.3 is 30.6 Å². The summed E-state index contributed by atoms with van der Waals surface area (Å²) in [7, 11) is 2.06. The van der Waals surface area contributed by atoms with Crippen molar-refractivity contribution in [1.82, 2.24) is 30.7 Å². The van der Waals surface area contributed by atoms with Crippen molar-refractivity contribution in [3.63, 3.8) is 0 Å². The van der Waals surface area contributed by atoms with Gasteiger partial charge in [0.1, 0.15) is 11.9 Å². The van der Waals surface area contributed by atoms with Gasteiger partial charge in [0.2, 0.25) is 17.7 Å². The third-order valence-corrected chi connectivity index (χ3v) is 12.0. The lowest BCUT2D eigenvalue weighted by Crippen LogP contribution is -2.54. The van der Waals surface area contributed by atoms with Gasteiger partial charge in [-0.3, -0.25) is 39.0 Å². The van der Waals surface area contributed by atoms with E-state index in [1.54, 1.807) is 18.2 Å². The summed E-state index contributed by atoms with van der Waals surface area (Å²) in [6, 6.07) is 15.0. The SMILES string of the molecule is CN(CCCCC(=O)NCCC(C)(C)OCCC(C)(C)Nc1cccc2c1C(=O)N(C1CCC(=O)NC1=O)C2=O)Cc1ccc(-c2[nH]c3cc(F)cc4c3c2CCNC4=O)cc1. The van der Waals surface area contributed by atoms with E-state index in [1.807, 2.05) is 27.7 Å². The van der Waals surface area contributed by atoms with Gasteiger partial charge >= 0.3 is 0 Å². The number of piperidine rings is 1. The van der Waals surface area contributed by atoms with Gasteiger partial charge in [0.25, 0.3) is 17.7 Å². The second kappa shape index (κ2) is 18.2. The number of nitrogens with zero attached hydrogens (tertiary/aromatic N) is 2. The number of H-pyrrole nitrogens is 1. The number of hydrogen-bond donors (Lipinski definition) is 5. The molecule has 1 saturated heterocycles. The molecule has 15 heteroatoms. The van der Waals surface area contributed by atoms with Crippen molar-refractivity contribution in [3.05, 3.63) is 88.2 Å². The normalized spacial score (nSPS) is 16.7. The number of carbonyl (C=O) groups is 6. The van der Waals surface area contributed by atoms with Gasteiger partial charge in [-0.05, 0) is 121 Å². The molecule has 4 heterocycles. The van der Waals surface area contributed by atoms with Crippen LogP contribution in [0.2, 0.25) is 0 Å². The number of benzene rings is 3. The Balaban J connectivity index is 0.797. The Kier molecular flexibility index (Phi) is 13.0. The number of rotatable bonds is 18. The Hall–Kier alpha value is -5.93. The molecule has 0 saturated carbocycles. The Morgan fingerprint density at radius 3 is 2.48 bits per heavy atom. The van der Waals surface area contributed by atoms with E-state index in [1.165, 1.54) is 12.1 Å². The molecule has 0 radical (unpaired) electrons. The van der Waals surface area contributed by atoms with E-state index in [0.29, 0.717) is 62.1 Å². The lowest BCUT2D eigenvalue weighted by atomic mass is 9.98. The fourth-order valence-corrected chi connectivity index (χ4v) is 8.56. The quantitative estimate of drug-likeness (QED) is 0.0607. The van der Waals surface area contributed by atoms with Crippen molar-refractivity contribution >= 4 is 52.0 Å². The number of aromatic amines is 1. The lowest BCUT2D eigenvalue weighted by Gasteiger charge is -2.31. The summed E-state index contributed by atoms with van der Waals surface area (Å²) < 4.78 is 20.6. The molecular formula is C47H56FN7O7. The minimum atomic E-state index is -1.04. The third-order valence-electron chi connectivity index (χ3n) is 12.0. The summed E-state index contributed by atoms with van der Waals surface area (Å²) in [4.78, 5) is 82.7. The van der Waals surface area contributed by atoms with Crippen LogP contribution in [0.1, 0.15) is 115 Å². The Labute approximate surface area is 360 Å². The van der Waals surface area contributed by atoms with Gasteiger partial charge in [0.15, 0.2) is 0 Å². The van der Waals surface area contributed by atoms with Crippen LogP contribution in [0.15, 0.2) is 54.6 Å². The van der Waals surface area contributed by atoms with E-state index in [-0.39, 0.29) is 35.8 Å². The minimum absolute atomic E-state index is 0.00526. The van der Waals surface area contributed by atoms with Crippen LogP contribution in [0, 0.1) is 5.82 Å². The number of aromatic nitrogens is 1. The number of anilines is 1. The fourth-order valence-electron chi connectivity index (χ4n) is 8.56. The number of unbranched alkanes of at least 4 members (excludes halogenated alkanes) is 1. The number of nitrogens with one attached hydrogen (secondary N) is 5. The molecule has 62 heavy (non-hydrogen) atoms. The monoisotopic (exact) mass is 849 g/mol. The molecule has 6 amide bonds. The molecule has 1 atom stereocenters. The molecule has 0 spiro atoms. The van der Waals surface area contributed by atoms with Crippen LogP contribution in [0.25, 0.3) is 22.2 Å². The highest BCUT2D eigenvalue weighted by Gasteiger charge is 2.46. The molecule has 0 aliphatic carbocycles. The molecular weight excluding hydrogens is 794 g/mol. The molecule has 3 aliphatic heterocycles. The summed E-state index contributed by atoms with van der Waals surface area (Å²) in [5, 5.41) is 12.3. The molecule has 14 nitrogen and oxygen atoms in total. The molecule has 3 aliphatic rings. The first-order valence-corrected chi connectivity index (χ1v) is 21.4. The van der Waals surface area contributed by atoms with Crippen LogP contribution >= 0.6 is 0 Å². The van der Waals surface area contributed by atoms with E-state index in [2.05, 4.69) is 62.5 Å². The van der Waals surface area contributed by atoms with Gasteiger partial charge in [0.05, 0.1) is 22.3 Å². The summed E-state index contributed by atoms with van der Waals surface area (Å²) in [6.07, 6.45) is 4.06. The number of amides is 6. The summed E-state index contributed by atoms with van der Waals surface area (Å²) in [6.45, 7) is 10.9. The van der Waals surface area contributed by atoms with E-state index >= 15 is 0 Å². The van der Waals surface area contributed by atoms with E-state index in [9.17, 15) is 33.2 Å². The summed E-state index contributed by atoms with van der Waals surface area (Å²) >= 11 is 0. The smallest absolute Gasteiger partial charge is 0.264 e. The average molecular weight is 850 g/mol. The zero-order valence-corrected chi connectivity index (χ0v) is 36.1. The molecule has 5 N–H and O–H groups in total. The maximum atomic E-state index is 14.3. The van der Waals surface area contributed by atoms with Crippen LogP contribution in [0.5, 0.6) is 0 Å². The molecule has 7 rings (SSSR count). The zero-order valence-electron chi connectivity index (χ0n) is 36.1. The number of fused-ring (bicyclic) bond motifs is 1. The minimum Gasteiger partial charge on any atom is -0.379 e. The number of ether oxygens (including phenoxy) is 1. The van der Waals surface area contributed by atoms with Crippen molar-refractivity contribution in [2.24, 2.45) is 0 Å². The largest absolute Gasteiger partial charge is 0.379 e. The van der Waals surface area contributed by atoms with Crippen LogP contribution in [-0.2, 0) is 32.1 Å². The molecule has 328 valence electrons. The maximum Gasteiger partial charge on any atom is 0.264 e. The first kappa shape index (κ1) is 44.1.